The molecule has 0 saturated heterocycles. The zero-order valence-corrected chi connectivity index (χ0v) is 12.0. The van der Waals surface area contributed by atoms with Crippen LogP contribution >= 0.6 is 11.8 Å². The Morgan fingerprint density at radius 2 is 1.89 bits per heavy atom. The fraction of sp³-hybridized carbons (Fsp3) is 0.692. The summed E-state index contributed by atoms with van der Waals surface area (Å²) in [6.07, 6.45) is 6.84. The molecule has 0 radical (unpaired) electrons. The van der Waals surface area contributed by atoms with Crippen LogP contribution in [0, 0.1) is 10.7 Å². The number of nitriles is 1. The Bertz CT molecular complexity index is 317. The molecule has 18 heavy (non-hydrogen) atoms. The summed E-state index contributed by atoms with van der Waals surface area (Å²) < 4.78 is 5.08. The highest BCUT2D eigenvalue weighted by Gasteiger charge is 2.14. The molecule has 2 N–H and O–H groups in total. The molecule has 0 bridgehead atoms. The van der Waals surface area contributed by atoms with Gasteiger partial charge in [0.2, 0.25) is 0 Å². The first-order valence-corrected chi connectivity index (χ1v) is 7.14. The van der Waals surface area contributed by atoms with E-state index in [-0.39, 0.29) is 4.91 Å². The van der Waals surface area contributed by atoms with Gasteiger partial charge in [-0.3, -0.25) is 0 Å². The molecule has 0 heterocycles. The van der Waals surface area contributed by atoms with Crippen LogP contribution in [0.1, 0.15) is 52.4 Å². The smallest absolute Gasteiger partial charge is 0.347 e. The van der Waals surface area contributed by atoms with E-state index in [2.05, 4.69) is 6.92 Å². The predicted octanol–water partition coefficient (Wildman–Crippen LogP) is 3.29. The Hall–Kier alpha value is -1.15. The van der Waals surface area contributed by atoms with Gasteiger partial charge in [-0.2, -0.15) is 5.26 Å². The lowest BCUT2D eigenvalue weighted by Gasteiger charge is -2.06. The number of hydrogen-bond donors (Lipinski definition) is 1. The predicted molar refractivity (Wildman–Crippen MR) is 74.4 cm³/mol. The summed E-state index contributed by atoms with van der Waals surface area (Å²) >= 11 is 0.753. The van der Waals surface area contributed by atoms with Crippen LogP contribution in [-0.2, 0) is 9.53 Å². The van der Waals surface area contributed by atoms with Crippen molar-refractivity contribution in [3.8, 4) is 5.40 Å². The molecule has 0 aliphatic heterocycles. The SMILES string of the molecule is CCCCCCCCOC(=O)/C(SC#N)=C(/C)N. The summed E-state index contributed by atoms with van der Waals surface area (Å²) in [5.41, 5.74) is 5.84. The van der Waals surface area contributed by atoms with E-state index in [0.717, 1.165) is 24.6 Å². The van der Waals surface area contributed by atoms with Gasteiger partial charge in [-0.05, 0) is 25.1 Å². The number of nitrogens with zero attached hydrogens (tertiary/aromatic N) is 1. The second-order valence-electron chi connectivity index (χ2n) is 4.11. The van der Waals surface area contributed by atoms with Crippen LogP contribution in [0.4, 0.5) is 0 Å². The number of hydrogen-bond acceptors (Lipinski definition) is 5. The molecule has 0 rings (SSSR count). The summed E-state index contributed by atoms with van der Waals surface area (Å²) in [5.74, 6) is -0.491. The normalized spacial score (nSPS) is 11.6. The maximum absolute atomic E-state index is 11.6. The van der Waals surface area contributed by atoms with Crippen LogP contribution in [0.3, 0.4) is 0 Å². The molecule has 0 atom stereocenters. The minimum Gasteiger partial charge on any atom is -0.462 e. The summed E-state index contributed by atoms with van der Waals surface area (Å²) in [6.45, 7) is 4.16. The second-order valence-corrected chi connectivity index (χ2v) is 4.90. The van der Waals surface area contributed by atoms with Gasteiger partial charge < -0.3 is 10.5 Å². The summed E-state index contributed by atoms with van der Waals surface area (Å²) in [4.78, 5) is 11.8. The molecule has 0 spiro atoms. The average Bonchev–Trinajstić information content (AvgIpc) is 2.34. The van der Waals surface area contributed by atoms with Crippen molar-refractivity contribution in [2.24, 2.45) is 5.73 Å². The first-order valence-electron chi connectivity index (χ1n) is 6.32. The van der Waals surface area contributed by atoms with Gasteiger partial charge in [0.05, 0.1) is 6.61 Å². The van der Waals surface area contributed by atoms with Crippen LogP contribution in [0.25, 0.3) is 0 Å². The molecule has 0 aliphatic carbocycles. The minimum absolute atomic E-state index is 0.198. The van der Waals surface area contributed by atoms with Crippen molar-refractivity contribution in [1.82, 2.24) is 0 Å². The van der Waals surface area contributed by atoms with E-state index in [1.54, 1.807) is 6.92 Å². The van der Waals surface area contributed by atoms with E-state index in [1.165, 1.54) is 25.7 Å². The minimum atomic E-state index is -0.491. The van der Waals surface area contributed by atoms with Gasteiger partial charge in [-0.1, -0.05) is 39.0 Å². The van der Waals surface area contributed by atoms with Crippen molar-refractivity contribution in [1.29, 1.82) is 5.26 Å². The van der Waals surface area contributed by atoms with Gasteiger partial charge >= 0.3 is 5.97 Å². The van der Waals surface area contributed by atoms with Crippen LogP contribution < -0.4 is 5.73 Å². The highest BCUT2D eigenvalue weighted by atomic mass is 32.2. The highest BCUT2D eigenvalue weighted by molar-refractivity contribution is 8.08. The van der Waals surface area contributed by atoms with E-state index in [4.69, 9.17) is 15.7 Å². The monoisotopic (exact) mass is 270 g/mol. The number of carbonyl (C=O) groups excluding carboxylic acids is 1. The van der Waals surface area contributed by atoms with Crippen molar-refractivity contribution >= 4 is 17.7 Å². The van der Waals surface area contributed by atoms with Crippen LogP contribution in [0.5, 0.6) is 0 Å². The van der Waals surface area contributed by atoms with Gasteiger partial charge in [0.1, 0.15) is 10.3 Å². The third kappa shape index (κ3) is 8.02. The molecule has 102 valence electrons. The lowest BCUT2D eigenvalue weighted by Crippen LogP contribution is -2.11. The third-order valence-corrected chi connectivity index (χ3v) is 3.21. The van der Waals surface area contributed by atoms with E-state index >= 15 is 0 Å². The summed E-state index contributed by atoms with van der Waals surface area (Å²) in [5, 5.41) is 10.4. The van der Waals surface area contributed by atoms with E-state index < -0.39 is 5.97 Å². The van der Waals surface area contributed by atoms with Crippen LogP contribution in [0.2, 0.25) is 0 Å². The fourth-order valence-corrected chi connectivity index (χ4v) is 1.84. The van der Waals surface area contributed by atoms with Crippen molar-refractivity contribution in [2.45, 2.75) is 52.4 Å². The van der Waals surface area contributed by atoms with Gasteiger partial charge in [-0.25, -0.2) is 4.79 Å². The Morgan fingerprint density at radius 3 is 2.44 bits per heavy atom. The van der Waals surface area contributed by atoms with Crippen LogP contribution in [0.15, 0.2) is 10.6 Å². The Labute approximate surface area is 114 Å². The summed E-state index contributed by atoms with van der Waals surface area (Å²) in [6, 6.07) is 0. The molecule has 0 amide bonds. The number of carbonyl (C=O) groups is 1. The molecule has 0 aliphatic rings. The topological polar surface area (TPSA) is 76.1 Å². The van der Waals surface area contributed by atoms with Crippen molar-refractivity contribution in [2.75, 3.05) is 6.61 Å². The van der Waals surface area contributed by atoms with E-state index in [9.17, 15) is 4.79 Å². The Kier molecular flexibility index (Phi) is 10.3. The molecular formula is C13H22N2O2S. The van der Waals surface area contributed by atoms with Gasteiger partial charge in [0.25, 0.3) is 0 Å². The lowest BCUT2D eigenvalue weighted by molar-refractivity contribution is -0.138. The van der Waals surface area contributed by atoms with Gasteiger partial charge in [0, 0.05) is 5.70 Å². The van der Waals surface area contributed by atoms with Crippen molar-refractivity contribution in [3.05, 3.63) is 10.6 Å². The first-order chi connectivity index (χ1) is 8.63. The number of thiocyanates is 1. The molecular weight excluding hydrogens is 248 g/mol. The number of thioether (sulfide) groups is 1. The number of ether oxygens (including phenoxy) is 1. The second kappa shape index (κ2) is 11.0. The molecule has 0 aromatic rings. The summed E-state index contributed by atoms with van der Waals surface area (Å²) in [7, 11) is 0. The fourth-order valence-electron chi connectivity index (χ4n) is 1.44. The Morgan fingerprint density at radius 1 is 1.28 bits per heavy atom. The van der Waals surface area contributed by atoms with E-state index in [0.29, 0.717) is 12.3 Å². The number of nitrogens with two attached hydrogens (primary N) is 1. The third-order valence-electron chi connectivity index (χ3n) is 2.42. The number of rotatable bonds is 9. The van der Waals surface area contributed by atoms with Crippen molar-refractivity contribution in [3.63, 3.8) is 0 Å². The van der Waals surface area contributed by atoms with E-state index in [1.807, 2.05) is 5.40 Å². The zero-order valence-electron chi connectivity index (χ0n) is 11.2. The number of esters is 1. The average molecular weight is 270 g/mol. The quantitative estimate of drug-likeness (QED) is 0.301. The number of allylic oxidation sites excluding steroid dienone is 1. The first kappa shape index (κ1) is 16.9. The molecule has 0 aromatic heterocycles. The molecule has 4 nitrogen and oxygen atoms in total. The van der Waals surface area contributed by atoms with Crippen LogP contribution in [-0.4, -0.2) is 12.6 Å². The molecule has 0 fully saturated rings. The maximum atomic E-state index is 11.6. The molecule has 0 saturated carbocycles. The van der Waals surface area contributed by atoms with Crippen molar-refractivity contribution < 1.29 is 9.53 Å². The zero-order chi connectivity index (χ0) is 13.8. The van der Waals surface area contributed by atoms with Gasteiger partial charge in [-0.15, -0.1) is 0 Å². The highest BCUT2D eigenvalue weighted by Crippen LogP contribution is 2.18. The maximum Gasteiger partial charge on any atom is 0.347 e. The molecule has 0 unspecified atom stereocenters. The molecule has 5 heteroatoms. The largest absolute Gasteiger partial charge is 0.462 e. The molecule has 0 aromatic carbocycles. The Balaban J connectivity index is 3.77. The van der Waals surface area contributed by atoms with Gasteiger partial charge in [0.15, 0.2) is 0 Å². The number of unbranched alkanes of at least 4 members (excludes halogenated alkanes) is 5. The standard InChI is InChI=1S/C13H22N2O2S/c1-3-4-5-6-7-8-9-17-13(16)12(11(2)15)18-10-14/h3-9,15H2,1-2H3/b12-11+. The lowest BCUT2D eigenvalue weighted by atomic mass is 10.1.